The second-order valence-electron chi connectivity index (χ2n) is 7.77. The molecule has 0 aliphatic heterocycles. The predicted molar refractivity (Wildman–Crippen MR) is 133 cm³/mol. The second kappa shape index (κ2) is 11.7. The summed E-state index contributed by atoms with van der Waals surface area (Å²) >= 11 is 1.16. The van der Waals surface area contributed by atoms with Crippen LogP contribution in [0.25, 0.3) is 0 Å². The maximum Gasteiger partial charge on any atom is 0.416 e. The van der Waals surface area contributed by atoms with E-state index in [4.69, 9.17) is 4.74 Å². The number of hydrogen-bond acceptors (Lipinski definition) is 6. The number of hydrazone groups is 1. The van der Waals surface area contributed by atoms with Gasteiger partial charge in [0, 0.05) is 16.6 Å². The van der Waals surface area contributed by atoms with Crippen molar-refractivity contribution in [1.82, 2.24) is 10.4 Å². The van der Waals surface area contributed by atoms with Crippen LogP contribution in [0.2, 0.25) is 0 Å². The number of carbonyl (C=O) groups excluding carboxylic acids is 1. The van der Waals surface area contributed by atoms with E-state index in [-0.39, 0.29) is 24.5 Å². The molecule has 1 heterocycles. The molecule has 6 nitrogen and oxygen atoms in total. The molecule has 1 amide bonds. The summed E-state index contributed by atoms with van der Waals surface area (Å²) in [6.45, 7) is 0.162. The molecule has 0 saturated carbocycles. The van der Waals surface area contributed by atoms with Crippen molar-refractivity contribution >= 4 is 34.3 Å². The Bertz CT molecular complexity index is 1410. The minimum atomic E-state index is -4.45. The number of nitrogens with zero attached hydrogens (tertiary/aromatic N) is 2. The fourth-order valence-electron chi connectivity index (χ4n) is 3.23. The van der Waals surface area contributed by atoms with Gasteiger partial charge in [0.15, 0.2) is 5.13 Å². The first-order valence-electron chi connectivity index (χ1n) is 10.9. The molecule has 0 aliphatic rings. The molecular formula is C26H20F4N4O2S. The molecule has 190 valence electrons. The molecule has 0 spiro atoms. The topological polar surface area (TPSA) is 75.6 Å². The molecule has 0 bridgehead atoms. The smallest absolute Gasteiger partial charge is 0.416 e. The van der Waals surface area contributed by atoms with E-state index in [0.29, 0.717) is 27.7 Å². The second-order valence-corrected chi connectivity index (χ2v) is 8.63. The Kier molecular flexibility index (Phi) is 8.14. The third-order valence-electron chi connectivity index (χ3n) is 4.93. The number of ether oxygens (including phenoxy) is 1. The number of alkyl halides is 3. The molecule has 0 atom stereocenters. The number of para-hydroxylation sites is 1. The van der Waals surface area contributed by atoms with Gasteiger partial charge in [-0.05, 0) is 48.0 Å². The summed E-state index contributed by atoms with van der Waals surface area (Å²) in [6, 6.07) is 17.9. The van der Waals surface area contributed by atoms with Crippen molar-refractivity contribution in [3.63, 3.8) is 0 Å². The standard InChI is InChI=1S/C26H20F4N4O2S/c27-20-8-3-5-17(11-20)15-36-23-10-2-1-6-18(23)14-31-34-24(35)13-22-16-37-25(33-22)32-21-9-4-7-19(12-21)26(28,29)30/h1-12,14,16H,13,15H2,(H,32,33)(H,34,35)/b31-14-. The average Bonchev–Trinajstić information content (AvgIpc) is 3.29. The van der Waals surface area contributed by atoms with E-state index in [1.165, 1.54) is 30.5 Å². The summed E-state index contributed by atoms with van der Waals surface area (Å²) in [7, 11) is 0. The number of hydrogen-bond donors (Lipinski definition) is 2. The summed E-state index contributed by atoms with van der Waals surface area (Å²) < 4.78 is 57.8. The van der Waals surface area contributed by atoms with E-state index in [1.54, 1.807) is 41.8 Å². The van der Waals surface area contributed by atoms with Gasteiger partial charge in [0.05, 0.1) is 23.9 Å². The van der Waals surface area contributed by atoms with Crippen LogP contribution in [-0.2, 0) is 24.0 Å². The van der Waals surface area contributed by atoms with Gasteiger partial charge in [-0.3, -0.25) is 4.79 Å². The van der Waals surface area contributed by atoms with E-state index in [0.717, 1.165) is 23.5 Å². The van der Waals surface area contributed by atoms with Crippen molar-refractivity contribution in [2.24, 2.45) is 5.10 Å². The van der Waals surface area contributed by atoms with E-state index in [1.807, 2.05) is 0 Å². The number of halogens is 4. The van der Waals surface area contributed by atoms with Crippen molar-refractivity contribution in [2.75, 3.05) is 5.32 Å². The van der Waals surface area contributed by atoms with Gasteiger partial charge in [0.1, 0.15) is 18.2 Å². The van der Waals surface area contributed by atoms with Gasteiger partial charge in [0.2, 0.25) is 5.91 Å². The van der Waals surface area contributed by atoms with Gasteiger partial charge < -0.3 is 10.1 Å². The van der Waals surface area contributed by atoms with Gasteiger partial charge in [-0.15, -0.1) is 11.3 Å². The highest BCUT2D eigenvalue weighted by molar-refractivity contribution is 7.13. The summed E-state index contributed by atoms with van der Waals surface area (Å²) in [5.74, 6) is -0.266. The molecule has 0 unspecified atom stereocenters. The number of carbonyl (C=O) groups is 1. The Morgan fingerprint density at radius 2 is 1.86 bits per heavy atom. The molecule has 0 radical (unpaired) electrons. The number of anilines is 2. The minimum absolute atomic E-state index is 0.0736. The highest BCUT2D eigenvalue weighted by Crippen LogP contribution is 2.31. The number of amides is 1. The lowest BCUT2D eigenvalue weighted by molar-refractivity contribution is -0.137. The summed E-state index contributed by atoms with van der Waals surface area (Å²) in [5, 5.41) is 8.77. The third kappa shape index (κ3) is 7.61. The number of aromatic nitrogens is 1. The summed E-state index contributed by atoms with van der Waals surface area (Å²) in [4.78, 5) is 16.5. The Balaban J connectivity index is 1.30. The molecule has 1 aromatic heterocycles. The van der Waals surface area contributed by atoms with E-state index in [9.17, 15) is 22.4 Å². The Morgan fingerprint density at radius 3 is 2.68 bits per heavy atom. The van der Waals surface area contributed by atoms with E-state index < -0.39 is 17.6 Å². The van der Waals surface area contributed by atoms with Crippen molar-refractivity contribution in [3.8, 4) is 5.75 Å². The fraction of sp³-hybridized carbons (Fsp3) is 0.115. The van der Waals surface area contributed by atoms with Crippen molar-refractivity contribution < 1.29 is 27.1 Å². The molecule has 4 rings (SSSR count). The molecular weight excluding hydrogens is 508 g/mol. The molecule has 2 N–H and O–H groups in total. The lowest BCUT2D eigenvalue weighted by Gasteiger charge is -2.09. The maximum atomic E-state index is 13.4. The van der Waals surface area contributed by atoms with Gasteiger partial charge in [0.25, 0.3) is 0 Å². The summed E-state index contributed by atoms with van der Waals surface area (Å²) in [6.07, 6.45) is -3.09. The quantitative estimate of drug-likeness (QED) is 0.152. The number of benzene rings is 3. The Hall–Kier alpha value is -4.25. The van der Waals surface area contributed by atoms with E-state index in [2.05, 4.69) is 20.8 Å². The minimum Gasteiger partial charge on any atom is -0.488 e. The first kappa shape index (κ1) is 25.8. The highest BCUT2D eigenvalue weighted by atomic mass is 32.1. The predicted octanol–water partition coefficient (Wildman–Crippen LogP) is 6.32. The zero-order chi connectivity index (χ0) is 26.3. The highest BCUT2D eigenvalue weighted by Gasteiger charge is 2.30. The van der Waals surface area contributed by atoms with Crippen LogP contribution in [0, 0.1) is 5.82 Å². The number of rotatable bonds is 9. The Labute approximate surface area is 213 Å². The lowest BCUT2D eigenvalue weighted by Crippen LogP contribution is -2.20. The van der Waals surface area contributed by atoms with Crippen LogP contribution < -0.4 is 15.5 Å². The van der Waals surface area contributed by atoms with Gasteiger partial charge >= 0.3 is 6.18 Å². The molecule has 3 aromatic carbocycles. The number of nitrogens with one attached hydrogen (secondary N) is 2. The number of thiazole rings is 1. The monoisotopic (exact) mass is 528 g/mol. The molecule has 0 saturated heterocycles. The average molecular weight is 529 g/mol. The van der Waals surface area contributed by atoms with Crippen LogP contribution in [0.3, 0.4) is 0 Å². The third-order valence-corrected chi connectivity index (χ3v) is 5.74. The van der Waals surface area contributed by atoms with Gasteiger partial charge in [-0.1, -0.05) is 30.3 Å². The normalized spacial score (nSPS) is 11.5. The first-order valence-corrected chi connectivity index (χ1v) is 11.8. The molecule has 11 heteroatoms. The van der Waals surface area contributed by atoms with Crippen LogP contribution in [0.4, 0.5) is 28.4 Å². The van der Waals surface area contributed by atoms with Crippen LogP contribution in [0.5, 0.6) is 5.75 Å². The van der Waals surface area contributed by atoms with Crippen LogP contribution in [-0.4, -0.2) is 17.1 Å². The van der Waals surface area contributed by atoms with Gasteiger partial charge in [-0.25, -0.2) is 14.8 Å². The van der Waals surface area contributed by atoms with Crippen LogP contribution in [0.1, 0.15) is 22.4 Å². The summed E-state index contributed by atoms with van der Waals surface area (Å²) in [5.41, 5.74) is 3.60. The largest absolute Gasteiger partial charge is 0.488 e. The van der Waals surface area contributed by atoms with Crippen molar-refractivity contribution in [2.45, 2.75) is 19.2 Å². The SMILES string of the molecule is O=C(Cc1csc(Nc2cccc(C(F)(F)F)c2)n1)N/N=C\c1ccccc1OCc1cccc(F)c1. The maximum absolute atomic E-state index is 13.4. The Morgan fingerprint density at radius 1 is 1.05 bits per heavy atom. The van der Waals surface area contributed by atoms with E-state index >= 15 is 0 Å². The molecule has 0 fully saturated rings. The van der Waals surface area contributed by atoms with Crippen molar-refractivity contribution in [1.29, 1.82) is 0 Å². The lowest BCUT2D eigenvalue weighted by atomic mass is 10.2. The first-order chi connectivity index (χ1) is 17.8. The molecule has 4 aromatic rings. The zero-order valence-corrected chi connectivity index (χ0v) is 19.9. The fourth-order valence-corrected chi connectivity index (χ4v) is 3.96. The molecule has 37 heavy (non-hydrogen) atoms. The molecule has 0 aliphatic carbocycles. The van der Waals surface area contributed by atoms with Crippen LogP contribution in [0.15, 0.2) is 83.3 Å². The van der Waals surface area contributed by atoms with Crippen molar-refractivity contribution in [3.05, 3.63) is 106 Å². The van der Waals surface area contributed by atoms with Gasteiger partial charge in [-0.2, -0.15) is 18.3 Å². The zero-order valence-electron chi connectivity index (χ0n) is 19.1. The van der Waals surface area contributed by atoms with Crippen LogP contribution >= 0.6 is 11.3 Å².